The van der Waals surface area contributed by atoms with E-state index in [1.54, 1.807) is 20.8 Å². The standard InChI is InChI=1S/C12H19NO5/c1-12(2,3)18-11(16)13-8-7-9(8)17-10(15)5-4-6-14/h6,8-9H,4-5,7H2,1-3H3,(H,13,16). The van der Waals surface area contributed by atoms with Crippen LogP contribution in [0.3, 0.4) is 0 Å². The molecule has 2 atom stereocenters. The normalized spacial score (nSPS) is 21.9. The van der Waals surface area contributed by atoms with Gasteiger partial charge >= 0.3 is 12.1 Å². The Balaban J connectivity index is 2.19. The number of esters is 1. The molecule has 0 aromatic heterocycles. The summed E-state index contributed by atoms with van der Waals surface area (Å²) in [5.41, 5.74) is -0.547. The Morgan fingerprint density at radius 3 is 2.61 bits per heavy atom. The zero-order valence-corrected chi connectivity index (χ0v) is 10.9. The summed E-state index contributed by atoms with van der Waals surface area (Å²) in [4.78, 5) is 32.7. The fourth-order valence-corrected chi connectivity index (χ4v) is 1.32. The average molecular weight is 257 g/mol. The fraction of sp³-hybridized carbons (Fsp3) is 0.750. The van der Waals surface area contributed by atoms with Crippen LogP contribution in [0.1, 0.15) is 40.0 Å². The number of carbonyl (C=O) groups excluding carboxylic acids is 3. The number of rotatable bonds is 5. The first-order chi connectivity index (χ1) is 8.31. The van der Waals surface area contributed by atoms with Gasteiger partial charge in [0.15, 0.2) is 0 Å². The van der Waals surface area contributed by atoms with Crippen LogP contribution in [0.4, 0.5) is 4.79 Å². The summed E-state index contributed by atoms with van der Waals surface area (Å²) in [6.45, 7) is 5.32. The van der Waals surface area contributed by atoms with Crippen molar-refractivity contribution in [2.45, 2.75) is 57.8 Å². The highest BCUT2D eigenvalue weighted by Crippen LogP contribution is 2.26. The van der Waals surface area contributed by atoms with Gasteiger partial charge in [0.05, 0.1) is 12.5 Å². The second kappa shape index (κ2) is 5.84. The molecule has 102 valence electrons. The van der Waals surface area contributed by atoms with Crippen LogP contribution in [0.25, 0.3) is 0 Å². The maximum absolute atomic E-state index is 11.4. The Labute approximate surface area is 106 Å². The van der Waals surface area contributed by atoms with Gasteiger partial charge < -0.3 is 19.6 Å². The molecule has 1 fully saturated rings. The molecule has 0 aliphatic heterocycles. The summed E-state index contributed by atoms with van der Waals surface area (Å²) in [6, 6.07) is -0.181. The van der Waals surface area contributed by atoms with Crippen LogP contribution in [-0.4, -0.2) is 36.1 Å². The van der Waals surface area contributed by atoms with Gasteiger partial charge in [-0.2, -0.15) is 0 Å². The lowest BCUT2D eigenvalue weighted by atomic mass is 10.2. The minimum absolute atomic E-state index is 0.0825. The third-order valence-electron chi connectivity index (χ3n) is 2.18. The van der Waals surface area contributed by atoms with Crippen molar-refractivity contribution in [1.29, 1.82) is 0 Å². The van der Waals surface area contributed by atoms with Crippen molar-refractivity contribution in [3.05, 3.63) is 0 Å². The van der Waals surface area contributed by atoms with Crippen LogP contribution in [-0.2, 0) is 19.1 Å². The van der Waals surface area contributed by atoms with E-state index < -0.39 is 17.7 Å². The molecule has 2 unspecified atom stereocenters. The van der Waals surface area contributed by atoms with Gasteiger partial charge in [-0.25, -0.2) is 4.79 Å². The number of hydrogen-bond acceptors (Lipinski definition) is 5. The first-order valence-electron chi connectivity index (χ1n) is 5.94. The molecule has 1 N–H and O–H groups in total. The zero-order chi connectivity index (χ0) is 13.8. The van der Waals surface area contributed by atoms with Crippen LogP contribution in [0.5, 0.6) is 0 Å². The summed E-state index contributed by atoms with van der Waals surface area (Å²) in [5, 5.41) is 2.61. The van der Waals surface area contributed by atoms with Crippen LogP contribution in [0.15, 0.2) is 0 Å². The summed E-state index contributed by atoms with van der Waals surface area (Å²) >= 11 is 0. The third-order valence-corrected chi connectivity index (χ3v) is 2.18. The molecule has 18 heavy (non-hydrogen) atoms. The second-order valence-corrected chi connectivity index (χ2v) is 5.22. The van der Waals surface area contributed by atoms with Crippen LogP contribution >= 0.6 is 0 Å². The Morgan fingerprint density at radius 2 is 2.06 bits per heavy atom. The van der Waals surface area contributed by atoms with E-state index in [9.17, 15) is 14.4 Å². The molecular weight excluding hydrogens is 238 g/mol. The van der Waals surface area contributed by atoms with E-state index in [1.165, 1.54) is 0 Å². The van der Waals surface area contributed by atoms with E-state index in [1.807, 2.05) is 0 Å². The lowest BCUT2D eigenvalue weighted by molar-refractivity contribution is -0.145. The van der Waals surface area contributed by atoms with Crippen molar-refractivity contribution in [3.8, 4) is 0 Å². The van der Waals surface area contributed by atoms with Crippen molar-refractivity contribution in [2.75, 3.05) is 0 Å². The van der Waals surface area contributed by atoms with Gasteiger partial charge in [0.25, 0.3) is 0 Å². The predicted molar refractivity (Wildman–Crippen MR) is 63.0 cm³/mol. The lowest BCUT2D eigenvalue weighted by Crippen LogP contribution is -2.35. The highest BCUT2D eigenvalue weighted by Gasteiger charge is 2.42. The van der Waals surface area contributed by atoms with E-state index in [-0.39, 0.29) is 25.0 Å². The molecule has 0 aromatic rings. The van der Waals surface area contributed by atoms with Gasteiger partial charge in [-0.3, -0.25) is 4.79 Å². The zero-order valence-electron chi connectivity index (χ0n) is 10.9. The van der Waals surface area contributed by atoms with E-state index in [0.29, 0.717) is 12.7 Å². The van der Waals surface area contributed by atoms with E-state index in [0.717, 1.165) is 0 Å². The average Bonchev–Trinajstić information content (AvgIpc) is 2.90. The van der Waals surface area contributed by atoms with Gasteiger partial charge in [-0.15, -0.1) is 0 Å². The maximum Gasteiger partial charge on any atom is 0.408 e. The molecule has 0 radical (unpaired) electrons. The first kappa shape index (κ1) is 14.5. The Bertz CT molecular complexity index is 334. The molecule has 1 aliphatic carbocycles. The molecular formula is C12H19NO5. The molecule has 0 heterocycles. The van der Waals surface area contributed by atoms with Crippen molar-refractivity contribution >= 4 is 18.3 Å². The molecule has 0 bridgehead atoms. The van der Waals surface area contributed by atoms with Gasteiger partial charge in [-0.1, -0.05) is 0 Å². The molecule has 0 spiro atoms. The lowest BCUT2D eigenvalue weighted by Gasteiger charge is -2.19. The van der Waals surface area contributed by atoms with E-state index >= 15 is 0 Å². The first-order valence-corrected chi connectivity index (χ1v) is 5.94. The molecule has 0 aromatic carbocycles. The van der Waals surface area contributed by atoms with Crippen LogP contribution in [0, 0.1) is 0 Å². The van der Waals surface area contributed by atoms with Crippen molar-refractivity contribution in [3.63, 3.8) is 0 Å². The number of aldehydes is 1. The number of nitrogens with one attached hydrogen (secondary N) is 1. The number of alkyl carbamates (subject to hydrolysis) is 1. The number of ether oxygens (including phenoxy) is 2. The molecule has 0 saturated heterocycles. The predicted octanol–water partition coefficient (Wildman–Crippen LogP) is 1.17. The van der Waals surface area contributed by atoms with Crippen molar-refractivity contribution < 1.29 is 23.9 Å². The number of carbonyl (C=O) groups is 3. The minimum atomic E-state index is -0.547. The second-order valence-electron chi connectivity index (χ2n) is 5.22. The molecule has 6 heteroatoms. The summed E-state index contributed by atoms with van der Waals surface area (Å²) in [7, 11) is 0. The molecule has 1 aliphatic rings. The summed E-state index contributed by atoms with van der Waals surface area (Å²) in [5.74, 6) is -0.416. The van der Waals surface area contributed by atoms with E-state index in [2.05, 4.69) is 5.32 Å². The van der Waals surface area contributed by atoms with Gasteiger partial charge in [0.2, 0.25) is 0 Å². The largest absolute Gasteiger partial charge is 0.460 e. The van der Waals surface area contributed by atoms with Crippen molar-refractivity contribution in [1.82, 2.24) is 5.32 Å². The minimum Gasteiger partial charge on any atom is -0.460 e. The fourth-order valence-electron chi connectivity index (χ4n) is 1.32. The van der Waals surface area contributed by atoms with Gasteiger partial charge in [0, 0.05) is 12.8 Å². The molecule has 1 amide bonds. The summed E-state index contributed by atoms with van der Waals surface area (Å²) in [6.07, 6.45) is 0.696. The van der Waals surface area contributed by atoms with Gasteiger partial charge in [0.1, 0.15) is 18.0 Å². The highest BCUT2D eigenvalue weighted by atomic mass is 16.6. The Morgan fingerprint density at radius 1 is 1.39 bits per heavy atom. The maximum atomic E-state index is 11.4. The summed E-state index contributed by atoms with van der Waals surface area (Å²) < 4.78 is 10.1. The molecule has 6 nitrogen and oxygen atoms in total. The number of hydrogen-bond donors (Lipinski definition) is 1. The Kier molecular flexibility index (Phi) is 4.69. The SMILES string of the molecule is CC(C)(C)OC(=O)NC1CC1OC(=O)CCC=O. The van der Waals surface area contributed by atoms with Crippen LogP contribution in [0.2, 0.25) is 0 Å². The van der Waals surface area contributed by atoms with Crippen LogP contribution < -0.4 is 5.32 Å². The molecule has 1 saturated carbocycles. The third kappa shape index (κ3) is 5.65. The van der Waals surface area contributed by atoms with Crippen molar-refractivity contribution in [2.24, 2.45) is 0 Å². The molecule has 1 rings (SSSR count). The Hall–Kier alpha value is -1.59. The number of amides is 1. The monoisotopic (exact) mass is 257 g/mol. The highest BCUT2D eigenvalue weighted by molar-refractivity contribution is 5.73. The quantitative estimate of drug-likeness (QED) is 0.590. The smallest absolute Gasteiger partial charge is 0.408 e. The van der Waals surface area contributed by atoms with Gasteiger partial charge in [-0.05, 0) is 20.8 Å². The topological polar surface area (TPSA) is 81.7 Å². The van der Waals surface area contributed by atoms with E-state index in [4.69, 9.17) is 9.47 Å².